The molecule has 2 nitrogen and oxygen atoms in total. The molecule has 2 aromatic rings. The molecule has 3 heteroatoms. The second-order valence-electron chi connectivity index (χ2n) is 10.8. The van der Waals surface area contributed by atoms with E-state index in [-0.39, 0.29) is 5.82 Å². The molecule has 0 radical (unpaired) electrons. The summed E-state index contributed by atoms with van der Waals surface area (Å²) in [6.45, 7) is 16.0. The molecule has 0 unspecified atom stereocenters. The molecule has 2 aliphatic rings. The first kappa shape index (κ1) is 27.5. The topological polar surface area (TPSA) is 6.48 Å². The summed E-state index contributed by atoms with van der Waals surface area (Å²) in [5, 5.41) is 0. The number of nitrogens with zero attached hydrogens (tertiary/aromatic N) is 2. The van der Waals surface area contributed by atoms with E-state index >= 15 is 0 Å². The summed E-state index contributed by atoms with van der Waals surface area (Å²) >= 11 is 0. The third-order valence-corrected chi connectivity index (χ3v) is 7.19. The summed E-state index contributed by atoms with van der Waals surface area (Å²) in [6, 6.07) is 12.8. The molecule has 0 aromatic heterocycles. The maximum atomic E-state index is 14.3. The minimum absolute atomic E-state index is 0.00652. The van der Waals surface area contributed by atoms with E-state index in [0.29, 0.717) is 5.92 Å². The Hall–Kier alpha value is -2.13. The van der Waals surface area contributed by atoms with Gasteiger partial charge in [0.1, 0.15) is 5.82 Å². The van der Waals surface area contributed by atoms with E-state index < -0.39 is 0 Å². The fourth-order valence-electron chi connectivity index (χ4n) is 5.46. The van der Waals surface area contributed by atoms with Gasteiger partial charge >= 0.3 is 0 Å². The highest BCUT2D eigenvalue weighted by Crippen LogP contribution is 2.25. The van der Waals surface area contributed by atoms with Gasteiger partial charge in [0.15, 0.2) is 0 Å². The molecule has 0 bridgehead atoms. The van der Waals surface area contributed by atoms with Crippen LogP contribution in [0, 0.1) is 11.7 Å². The summed E-state index contributed by atoms with van der Waals surface area (Å²) in [5.41, 5.74) is 6.35. The molecule has 35 heavy (non-hydrogen) atoms. The Morgan fingerprint density at radius 3 is 2.40 bits per heavy atom. The van der Waals surface area contributed by atoms with E-state index in [2.05, 4.69) is 67.5 Å². The molecule has 1 fully saturated rings. The van der Waals surface area contributed by atoms with E-state index in [9.17, 15) is 4.39 Å². The average Bonchev–Trinajstić information content (AvgIpc) is 3.23. The highest BCUT2D eigenvalue weighted by atomic mass is 19.1. The Balaban J connectivity index is 0.000000203. The van der Waals surface area contributed by atoms with Gasteiger partial charge in [0.25, 0.3) is 0 Å². The Kier molecular flexibility index (Phi) is 11.3. The van der Waals surface area contributed by atoms with Crippen molar-refractivity contribution in [3.05, 3.63) is 82.8 Å². The SMILES string of the molecule is C=CN(Cc1cc(F)c2c(c1)CCCCC2)CC(C)C.CCCc1ccccc1CN1CCCC1. The molecule has 0 saturated carbocycles. The Labute approximate surface area is 214 Å². The van der Waals surface area contributed by atoms with Crippen molar-refractivity contribution in [3.8, 4) is 0 Å². The molecule has 192 valence electrons. The summed E-state index contributed by atoms with van der Waals surface area (Å²) in [4.78, 5) is 4.75. The largest absolute Gasteiger partial charge is 0.373 e. The highest BCUT2D eigenvalue weighted by Gasteiger charge is 2.15. The van der Waals surface area contributed by atoms with E-state index in [1.165, 1.54) is 57.2 Å². The third kappa shape index (κ3) is 8.79. The summed E-state index contributed by atoms with van der Waals surface area (Å²) in [7, 11) is 0. The fraction of sp³-hybridized carbons (Fsp3) is 0.562. The van der Waals surface area contributed by atoms with Crippen LogP contribution in [-0.4, -0.2) is 29.4 Å². The van der Waals surface area contributed by atoms with Gasteiger partial charge in [-0.2, -0.15) is 0 Å². The van der Waals surface area contributed by atoms with Gasteiger partial charge in [0, 0.05) is 19.6 Å². The monoisotopic (exact) mass is 478 g/mol. The number of hydrogen-bond donors (Lipinski definition) is 0. The maximum Gasteiger partial charge on any atom is 0.127 e. The standard InChI is InChI=1S/C18H26FN.C14H21N/c1-4-20(12-14(2)3)13-15-10-16-8-6-5-7-9-17(16)18(19)11-15;1-2-7-13-8-3-4-9-14(13)12-15-10-5-6-11-15/h4,10-11,14H,1,5-9,12-13H2,2-3H3;3-4,8-9H,2,5-7,10-12H2,1H3. The van der Waals surface area contributed by atoms with E-state index in [4.69, 9.17) is 0 Å². The van der Waals surface area contributed by atoms with Crippen molar-refractivity contribution in [3.63, 3.8) is 0 Å². The second-order valence-corrected chi connectivity index (χ2v) is 10.8. The van der Waals surface area contributed by atoms with Crippen molar-refractivity contribution < 1.29 is 4.39 Å². The fourth-order valence-corrected chi connectivity index (χ4v) is 5.46. The second kappa shape index (κ2) is 14.4. The first-order valence-corrected chi connectivity index (χ1v) is 14.0. The van der Waals surface area contributed by atoms with Crippen molar-refractivity contribution in [2.24, 2.45) is 5.92 Å². The Bertz CT molecular complexity index is 914. The number of fused-ring (bicyclic) bond motifs is 1. The molecule has 0 N–H and O–H groups in total. The van der Waals surface area contributed by atoms with Crippen molar-refractivity contribution >= 4 is 0 Å². The zero-order valence-corrected chi connectivity index (χ0v) is 22.5. The predicted molar refractivity (Wildman–Crippen MR) is 148 cm³/mol. The van der Waals surface area contributed by atoms with Gasteiger partial charge in [-0.25, -0.2) is 4.39 Å². The molecule has 0 spiro atoms. The zero-order chi connectivity index (χ0) is 25.0. The lowest BCUT2D eigenvalue weighted by Gasteiger charge is -2.23. The number of hydrogen-bond acceptors (Lipinski definition) is 2. The number of aryl methyl sites for hydroxylation is 2. The molecule has 1 heterocycles. The van der Waals surface area contributed by atoms with Crippen molar-refractivity contribution in [2.75, 3.05) is 19.6 Å². The lowest BCUT2D eigenvalue weighted by atomic mass is 9.99. The van der Waals surface area contributed by atoms with Gasteiger partial charge in [0.05, 0.1) is 0 Å². The first-order chi connectivity index (χ1) is 17.0. The van der Waals surface area contributed by atoms with Crippen LogP contribution in [0.5, 0.6) is 0 Å². The van der Waals surface area contributed by atoms with Crippen LogP contribution in [0.25, 0.3) is 0 Å². The predicted octanol–water partition coefficient (Wildman–Crippen LogP) is 7.93. The molecular formula is C32H47FN2. The van der Waals surface area contributed by atoms with Crippen LogP contribution >= 0.6 is 0 Å². The summed E-state index contributed by atoms with van der Waals surface area (Å²) in [6.07, 6.45) is 12.6. The number of halogens is 1. The third-order valence-electron chi connectivity index (χ3n) is 7.19. The van der Waals surface area contributed by atoms with Gasteiger partial charge in [-0.05, 0) is 104 Å². The van der Waals surface area contributed by atoms with Gasteiger partial charge < -0.3 is 4.90 Å². The number of benzene rings is 2. The van der Waals surface area contributed by atoms with E-state index in [0.717, 1.165) is 50.0 Å². The smallest absolute Gasteiger partial charge is 0.127 e. The lowest BCUT2D eigenvalue weighted by molar-refractivity contribution is 0.324. The maximum absolute atomic E-state index is 14.3. The Morgan fingerprint density at radius 2 is 1.71 bits per heavy atom. The van der Waals surface area contributed by atoms with E-state index in [1.807, 2.05) is 6.20 Å². The van der Waals surface area contributed by atoms with Crippen LogP contribution < -0.4 is 0 Å². The minimum Gasteiger partial charge on any atom is -0.373 e. The molecule has 1 saturated heterocycles. The van der Waals surface area contributed by atoms with Gasteiger partial charge in [-0.3, -0.25) is 4.90 Å². The molecule has 1 aliphatic carbocycles. The van der Waals surface area contributed by atoms with Crippen LogP contribution in [-0.2, 0) is 32.4 Å². The van der Waals surface area contributed by atoms with E-state index in [1.54, 1.807) is 17.2 Å². The average molecular weight is 479 g/mol. The van der Waals surface area contributed by atoms with Crippen LogP contribution in [0.3, 0.4) is 0 Å². The van der Waals surface area contributed by atoms with Crippen molar-refractivity contribution in [1.29, 1.82) is 0 Å². The van der Waals surface area contributed by atoms with Crippen LogP contribution in [0.15, 0.2) is 49.2 Å². The van der Waals surface area contributed by atoms with Gasteiger partial charge in [0.2, 0.25) is 0 Å². The highest BCUT2D eigenvalue weighted by molar-refractivity contribution is 5.34. The zero-order valence-electron chi connectivity index (χ0n) is 22.5. The Morgan fingerprint density at radius 1 is 1.00 bits per heavy atom. The normalized spacial score (nSPS) is 15.8. The first-order valence-electron chi connectivity index (χ1n) is 14.0. The van der Waals surface area contributed by atoms with Crippen molar-refractivity contribution in [1.82, 2.24) is 9.80 Å². The summed E-state index contributed by atoms with van der Waals surface area (Å²) < 4.78 is 14.3. The van der Waals surface area contributed by atoms with Crippen LogP contribution in [0.2, 0.25) is 0 Å². The molecule has 0 atom stereocenters. The van der Waals surface area contributed by atoms with Crippen molar-refractivity contribution in [2.45, 2.75) is 91.6 Å². The van der Waals surface area contributed by atoms with Crippen LogP contribution in [0.4, 0.5) is 4.39 Å². The molecular weight excluding hydrogens is 431 g/mol. The van der Waals surface area contributed by atoms with Gasteiger partial charge in [-0.1, -0.05) is 70.5 Å². The van der Waals surface area contributed by atoms with Crippen LogP contribution in [0.1, 0.15) is 87.1 Å². The lowest BCUT2D eigenvalue weighted by Crippen LogP contribution is -2.21. The molecule has 0 amide bonds. The number of rotatable bonds is 9. The molecule has 2 aromatic carbocycles. The number of likely N-dealkylation sites (tertiary alicyclic amines) is 1. The van der Waals surface area contributed by atoms with Gasteiger partial charge in [-0.15, -0.1) is 0 Å². The quantitative estimate of drug-likeness (QED) is 0.338. The molecule has 1 aliphatic heterocycles. The summed E-state index contributed by atoms with van der Waals surface area (Å²) in [5.74, 6) is 0.576. The molecule has 4 rings (SSSR count). The minimum atomic E-state index is -0.00652.